The molecule has 7 aromatic rings. The first kappa shape index (κ1) is 27.0. The van der Waals surface area contributed by atoms with Gasteiger partial charge in [0.05, 0.1) is 0 Å². The molecule has 210 valence electrons. The van der Waals surface area contributed by atoms with Crippen LogP contribution >= 0.6 is 0 Å². The molecule has 44 heavy (non-hydrogen) atoms. The smallest absolute Gasteiger partial charge is 0.164 e. The van der Waals surface area contributed by atoms with E-state index in [4.69, 9.17) is 29.9 Å². The Morgan fingerprint density at radius 3 is 0.705 bits per heavy atom. The van der Waals surface area contributed by atoms with Crippen molar-refractivity contribution in [1.29, 1.82) is 0 Å². The Morgan fingerprint density at radius 1 is 0.250 bits per heavy atom. The number of benzene rings is 5. The number of hydrogen-bond acceptors (Lipinski definition) is 6. The predicted octanol–water partition coefficient (Wildman–Crippen LogP) is 8.68. The molecule has 2 heterocycles. The van der Waals surface area contributed by atoms with Crippen molar-refractivity contribution < 1.29 is 0 Å². The summed E-state index contributed by atoms with van der Waals surface area (Å²) in [5.74, 6) is 3.71. The molecule has 7 rings (SSSR count). The second-order valence-corrected chi connectivity index (χ2v) is 10.7. The maximum atomic E-state index is 4.88. The molecule has 0 amide bonds. The van der Waals surface area contributed by atoms with Crippen molar-refractivity contribution in [3.63, 3.8) is 0 Å². The summed E-state index contributed by atoms with van der Waals surface area (Å²) < 4.78 is 0. The molecule has 0 fully saturated rings. The van der Waals surface area contributed by atoms with Crippen LogP contribution in [0.5, 0.6) is 0 Å². The highest BCUT2D eigenvalue weighted by molar-refractivity contribution is 5.70. The van der Waals surface area contributed by atoms with Crippen molar-refractivity contribution in [2.75, 3.05) is 0 Å². The number of aryl methyl sites for hydroxylation is 2. The molecule has 5 aromatic carbocycles. The van der Waals surface area contributed by atoms with Crippen molar-refractivity contribution in [2.24, 2.45) is 0 Å². The molecule has 2 aromatic heterocycles. The SMILES string of the molecule is Cc1ccc(-c2nc(-c3ccccc3)nc(-c3ccc(-c4nc(-c5ccccc5)nc(-c5ccc(C)cc5)n4)cc3)n2)cc1. The first-order valence-corrected chi connectivity index (χ1v) is 14.5. The first-order valence-electron chi connectivity index (χ1n) is 14.5. The van der Waals surface area contributed by atoms with E-state index in [1.807, 2.05) is 109 Å². The molecule has 0 atom stereocenters. The van der Waals surface area contributed by atoms with Crippen molar-refractivity contribution in [3.8, 4) is 68.3 Å². The second-order valence-electron chi connectivity index (χ2n) is 10.7. The lowest BCUT2D eigenvalue weighted by Gasteiger charge is -2.10. The fraction of sp³-hybridized carbons (Fsp3) is 0.0526. The van der Waals surface area contributed by atoms with Crippen LogP contribution in [0.4, 0.5) is 0 Å². The van der Waals surface area contributed by atoms with Gasteiger partial charge in [-0.05, 0) is 13.8 Å². The lowest BCUT2D eigenvalue weighted by molar-refractivity contribution is 1.07. The van der Waals surface area contributed by atoms with Crippen LogP contribution in [-0.2, 0) is 0 Å². The van der Waals surface area contributed by atoms with Gasteiger partial charge in [0.15, 0.2) is 34.9 Å². The molecule has 0 unspecified atom stereocenters. The predicted molar refractivity (Wildman–Crippen MR) is 175 cm³/mol. The highest BCUT2D eigenvalue weighted by Gasteiger charge is 2.15. The van der Waals surface area contributed by atoms with Crippen molar-refractivity contribution >= 4 is 0 Å². The quantitative estimate of drug-likeness (QED) is 0.200. The van der Waals surface area contributed by atoms with Gasteiger partial charge in [0.2, 0.25) is 0 Å². The lowest BCUT2D eigenvalue weighted by Crippen LogP contribution is -2.01. The zero-order chi connectivity index (χ0) is 29.9. The third-order valence-corrected chi connectivity index (χ3v) is 7.36. The molecule has 0 bridgehead atoms. The largest absolute Gasteiger partial charge is 0.208 e. The van der Waals surface area contributed by atoms with Crippen molar-refractivity contribution in [3.05, 3.63) is 145 Å². The highest BCUT2D eigenvalue weighted by atomic mass is 15.0. The third kappa shape index (κ3) is 5.74. The van der Waals surface area contributed by atoms with Gasteiger partial charge in [-0.1, -0.05) is 145 Å². The summed E-state index contributed by atoms with van der Waals surface area (Å²) in [6, 6.07) is 44.5. The Hall–Kier alpha value is -5.88. The van der Waals surface area contributed by atoms with Crippen LogP contribution in [0.25, 0.3) is 68.3 Å². The van der Waals surface area contributed by atoms with Gasteiger partial charge in [-0.2, -0.15) is 0 Å². The monoisotopic (exact) mass is 568 g/mol. The molecule has 0 saturated carbocycles. The van der Waals surface area contributed by atoms with E-state index < -0.39 is 0 Å². The van der Waals surface area contributed by atoms with Crippen LogP contribution < -0.4 is 0 Å². The fourth-order valence-corrected chi connectivity index (χ4v) is 4.87. The van der Waals surface area contributed by atoms with Gasteiger partial charge in [0.25, 0.3) is 0 Å². The van der Waals surface area contributed by atoms with Gasteiger partial charge in [0, 0.05) is 33.4 Å². The summed E-state index contributed by atoms with van der Waals surface area (Å²) in [5.41, 5.74) is 7.86. The van der Waals surface area contributed by atoms with Crippen LogP contribution in [0.3, 0.4) is 0 Å². The van der Waals surface area contributed by atoms with Gasteiger partial charge < -0.3 is 0 Å². The molecule has 6 nitrogen and oxygen atoms in total. The van der Waals surface area contributed by atoms with E-state index in [9.17, 15) is 0 Å². The summed E-state index contributed by atoms with van der Waals surface area (Å²) in [4.78, 5) is 29.2. The zero-order valence-electron chi connectivity index (χ0n) is 24.4. The van der Waals surface area contributed by atoms with Gasteiger partial charge in [0.1, 0.15) is 0 Å². The normalized spacial score (nSPS) is 11.0. The van der Waals surface area contributed by atoms with E-state index in [1.165, 1.54) is 11.1 Å². The van der Waals surface area contributed by atoms with Gasteiger partial charge in [-0.25, -0.2) is 29.9 Å². The Morgan fingerprint density at radius 2 is 0.455 bits per heavy atom. The lowest BCUT2D eigenvalue weighted by atomic mass is 10.1. The Bertz CT molecular complexity index is 1890. The summed E-state index contributed by atoms with van der Waals surface area (Å²) in [7, 11) is 0. The van der Waals surface area contributed by atoms with E-state index >= 15 is 0 Å². The highest BCUT2D eigenvalue weighted by Crippen LogP contribution is 2.28. The maximum Gasteiger partial charge on any atom is 0.164 e. The van der Waals surface area contributed by atoms with Gasteiger partial charge >= 0.3 is 0 Å². The Balaban J connectivity index is 1.30. The van der Waals surface area contributed by atoms with E-state index in [0.29, 0.717) is 34.9 Å². The number of rotatable bonds is 6. The van der Waals surface area contributed by atoms with E-state index in [-0.39, 0.29) is 0 Å². The Labute approximate surface area is 256 Å². The summed E-state index contributed by atoms with van der Waals surface area (Å²) >= 11 is 0. The molecular formula is C38H28N6. The van der Waals surface area contributed by atoms with Crippen LogP contribution in [0.1, 0.15) is 11.1 Å². The van der Waals surface area contributed by atoms with Crippen LogP contribution in [-0.4, -0.2) is 29.9 Å². The van der Waals surface area contributed by atoms with Gasteiger partial charge in [-0.3, -0.25) is 0 Å². The first-order chi connectivity index (χ1) is 21.6. The summed E-state index contributed by atoms with van der Waals surface area (Å²) in [6.07, 6.45) is 0. The second kappa shape index (κ2) is 11.8. The zero-order valence-corrected chi connectivity index (χ0v) is 24.4. The molecule has 0 aliphatic carbocycles. The molecule has 0 spiro atoms. The maximum absolute atomic E-state index is 4.88. The standard InChI is InChI=1S/C38H28N6/c1-25-13-17-29(18-14-25)35-39-33(27-9-5-3-6-10-27)41-37(43-35)31-21-23-32(24-22-31)38-42-34(28-11-7-4-8-12-28)40-36(44-38)30-19-15-26(2)16-20-30/h3-24H,1-2H3. The van der Waals surface area contributed by atoms with Crippen LogP contribution in [0.15, 0.2) is 133 Å². The van der Waals surface area contributed by atoms with E-state index in [2.05, 4.69) is 38.1 Å². The number of hydrogen-bond donors (Lipinski definition) is 0. The van der Waals surface area contributed by atoms with Crippen LogP contribution in [0, 0.1) is 13.8 Å². The average Bonchev–Trinajstić information content (AvgIpc) is 3.09. The van der Waals surface area contributed by atoms with Gasteiger partial charge in [-0.15, -0.1) is 0 Å². The van der Waals surface area contributed by atoms with Crippen molar-refractivity contribution in [2.45, 2.75) is 13.8 Å². The Kier molecular flexibility index (Phi) is 7.22. The van der Waals surface area contributed by atoms with Crippen molar-refractivity contribution in [1.82, 2.24) is 29.9 Å². The van der Waals surface area contributed by atoms with E-state index in [0.717, 1.165) is 33.4 Å². The summed E-state index contributed by atoms with van der Waals surface area (Å²) in [5, 5.41) is 0. The molecule has 0 saturated heterocycles. The minimum Gasteiger partial charge on any atom is -0.208 e. The molecule has 0 radical (unpaired) electrons. The minimum atomic E-state index is 0.599. The molecule has 0 aliphatic rings. The van der Waals surface area contributed by atoms with Crippen LogP contribution in [0.2, 0.25) is 0 Å². The number of nitrogens with zero attached hydrogens (tertiary/aromatic N) is 6. The summed E-state index contributed by atoms with van der Waals surface area (Å²) in [6.45, 7) is 4.14. The molecular weight excluding hydrogens is 540 g/mol. The topological polar surface area (TPSA) is 77.3 Å². The molecule has 0 N–H and O–H groups in total. The average molecular weight is 569 g/mol. The fourth-order valence-electron chi connectivity index (χ4n) is 4.87. The minimum absolute atomic E-state index is 0.599. The number of aromatic nitrogens is 6. The molecule has 0 aliphatic heterocycles. The van der Waals surface area contributed by atoms with E-state index in [1.54, 1.807) is 0 Å². The molecule has 6 heteroatoms. The third-order valence-electron chi connectivity index (χ3n) is 7.36.